The van der Waals surface area contributed by atoms with E-state index in [2.05, 4.69) is 32.0 Å². The van der Waals surface area contributed by atoms with Gasteiger partial charge in [0, 0.05) is 10.6 Å². The van der Waals surface area contributed by atoms with Gasteiger partial charge in [0.2, 0.25) is 0 Å². The molecule has 0 aliphatic carbocycles. The molecule has 0 aromatic heterocycles. The quantitative estimate of drug-likeness (QED) is 0.761. The van der Waals surface area contributed by atoms with Crippen molar-refractivity contribution in [1.82, 2.24) is 0 Å². The molecule has 96 valence electrons. The fraction of sp³-hybridized carbons (Fsp3) is 0.188. The summed E-state index contributed by atoms with van der Waals surface area (Å²) in [6.45, 7) is 4.11. The third-order valence-corrected chi connectivity index (χ3v) is 4.11. The average molecular weight is 271 g/mol. The van der Waals surface area contributed by atoms with Gasteiger partial charge in [-0.2, -0.15) is 5.26 Å². The van der Waals surface area contributed by atoms with Crippen LogP contribution in [0.3, 0.4) is 0 Å². The topological polar surface area (TPSA) is 23.8 Å². The molecule has 0 saturated heterocycles. The van der Waals surface area contributed by atoms with Gasteiger partial charge in [0.05, 0.1) is 11.6 Å². The molecule has 0 N–H and O–H groups in total. The van der Waals surface area contributed by atoms with Crippen LogP contribution in [0.1, 0.15) is 22.3 Å². The van der Waals surface area contributed by atoms with Gasteiger partial charge in [-0.3, -0.25) is 0 Å². The summed E-state index contributed by atoms with van der Waals surface area (Å²) in [6.07, 6.45) is 0. The Labute approximate surface area is 117 Å². The largest absolute Gasteiger partial charge is 0.207 e. The summed E-state index contributed by atoms with van der Waals surface area (Å²) in [7, 11) is 0. The summed E-state index contributed by atoms with van der Waals surface area (Å²) in [5.74, 6) is 0.280. The molecule has 0 radical (unpaired) electrons. The SMILES string of the molecule is Cc1ccc(SCc2cc(C#N)ccc2F)c(C)c1. The Balaban J connectivity index is 2.16. The first-order valence-electron chi connectivity index (χ1n) is 5.99. The Morgan fingerprint density at radius 3 is 2.63 bits per heavy atom. The van der Waals surface area contributed by atoms with Gasteiger partial charge in [0.15, 0.2) is 0 Å². The number of thioether (sulfide) groups is 1. The second-order valence-electron chi connectivity index (χ2n) is 4.48. The number of nitrogens with zero attached hydrogens (tertiary/aromatic N) is 1. The highest BCUT2D eigenvalue weighted by atomic mass is 32.2. The lowest BCUT2D eigenvalue weighted by atomic mass is 10.1. The molecule has 19 heavy (non-hydrogen) atoms. The van der Waals surface area contributed by atoms with E-state index in [9.17, 15) is 4.39 Å². The van der Waals surface area contributed by atoms with Gasteiger partial charge in [-0.25, -0.2) is 4.39 Å². The zero-order chi connectivity index (χ0) is 13.8. The zero-order valence-corrected chi connectivity index (χ0v) is 11.7. The summed E-state index contributed by atoms with van der Waals surface area (Å²) < 4.78 is 13.7. The Morgan fingerprint density at radius 2 is 1.95 bits per heavy atom. The van der Waals surface area contributed by atoms with E-state index >= 15 is 0 Å². The number of benzene rings is 2. The number of rotatable bonds is 3. The van der Waals surface area contributed by atoms with Crippen molar-refractivity contribution < 1.29 is 4.39 Å². The van der Waals surface area contributed by atoms with Crippen LogP contribution in [0.2, 0.25) is 0 Å². The van der Waals surface area contributed by atoms with Gasteiger partial charge in [-0.05, 0) is 49.2 Å². The van der Waals surface area contributed by atoms with E-state index in [1.54, 1.807) is 17.8 Å². The van der Waals surface area contributed by atoms with E-state index in [1.807, 2.05) is 6.07 Å². The lowest BCUT2D eigenvalue weighted by Crippen LogP contribution is -1.90. The van der Waals surface area contributed by atoms with E-state index in [0.29, 0.717) is 16.9 Å². The Hall–Kier alpha value is -1.79. The smallest absolute Gasteiger partial charge is 0.127 e. The fourth-order valence-corrected chi connectivity index (χ4v) is 2.85. The highest BCUT2D eigenvalue weighted by Gasteiger charge is 2.06. The number of halogens is 1. The van der Waals surface area contributed by atoms with Crippen molar-refractivity contribution in [2.75, 3.05) is 0 Å². The van der Waals surface area contributed by atoms with Crippen molar-refractivity contribution in [3.05, 3.63) is 64.5 Å². The first-order valence-corrected chi connectivity index (χ1v) is 6.97. The monoisotopic (exact) mass is 271 g/mol. The van der Waals surface area contributed by atoms with Gasteiger partial charge in [-0.15, -0.1) is 11.8 Å². The molecule has 0 atom stereocenters. The Kier molecular flexibility index (Phi) is 4.24. The molecule has 0 heterocycles. The maximum atomic E-state index is 13.7. The van der Waals surface area contributed by atoms with Crippen LogP contribution in [0.4, 0.5) is 4.39 Å². The predicted octanol–water partition coefficient (Wildman–Crippen LogP) is 4.61. The Bertz CT molecular complexity index is 644. The molecule has 2 aromatic rings. The van der Waals surface area contributed by atoms with E-state index < -0.39 is 0 Å². The predicted molar refractivity (Wildman–Crippen MR) is 76.6 cm³/mol. The summed E-state index contributed by atoms with van der Waals surface area (Å²) in [5, 5.41) is 8.83. The number of nitriles is 1. The molecule has 0 aliphatic heterocycles. The van der Waals surface area contributed by atoms with Crippen LogP contribution in [-0.2, 0) is 5.75 Å². The number of aryl methyl sites for hydroxylation is 2. The van der Waals surface area contributed by atoms with Crippen molar-refractivity contribution in [2.24, 2.45) is 0 Å². The molecular weight excluding hydrogens is 257 g/mol. The fourth-order valence-electron chi connectivity index (χ4n) is 1.87. The highest BCUT2D eigenvalue weighted by Crippen LogP contribution is 2.27. The molecular formula is C16H14FNS. The maximum Gasteiger partial charge on any atom is 0.127 e. The van der Waals surface area contributed by atoms with Crippen LogP contribution in [0, 0.1) is 31.0 Å². The zero-order valence-electron chi connectivity index (χ0n) is 10.9. The summed E-state index contributed by atoms with van der Waals surface area (Å²) in [5.41, 5.74) is 3.49. The summed E-state index contributed by atoms with van der Waals surface area (Å²) in [6, 6.07) is 12.7. The number of hydrogen-bond acceptors (Lipinski definition) is 2. The van der Waals surface area contributed by atoms with Gasteiger partial charge < -0.3 is 0 Å². The van der Waals surface area contributed by atoms with E-state index in [-0.39, 0.29) is 5.82 Å². The molecule has 0 bridgehead atoms. The first-order chi connectivity index (χ1) is 9.10. The molecule has 2 rings (SSSR count). The van der Waals surface area contributed by atoms with Crippen LogP contribution in [-0.4, -0.2) is 0 Å². The van der Waals surface area contributed by atoms with Crippen LogP contribution in [0.5, 0.6) is 0 Å². The first kappa shape index (κ1) is 13.6. The van der Waals surface area contributed by atoms with Crippen LogP contribution >= 0.6 is 11.8 Å². The molecule has 0 saturated carbocycles. The van der Waals surface area contributed by atoms with E-state index in [4.69, 9.17) is 5.26 Å². The average Bonchev–Trinajstić information content (AvgIpc) is 2.39. The maximum absolute atomic E-state index is 13.7. The van der Waals surface area contributed by atoms with Crippen LogP contribution < -0.4 is 0 Å². The van der Waals surface area contributed by atoms with Gasteiger partial charge in [0.25, 0.3) is 0 Å². The molecule has 0 aliphatic rings. The highest BCUT2D eigenvalue weighted by molar-refractivity contribution is 7.98. The molecule has 1 nitrogen and oxygen atoms in total. The van der Waals surface area contributed by atoms with Crippen molar-refractivity contribution >= 4 is 11.8 Å². The minimum atomic E-state index is -0.253. The minimum Gasteiger partial charge on any atom is -0.207 e. The molecule has 2 aromatic carbocycles. The lowest BCUT2D eigenvalue weighted by Gasteiger charge is -2.07. The van der Waals surface area contributed by atoms with Crippen molar-refractivity contribution in [1.29, 1.82) is 5.26 Å². The minimum absolute atomic E-state index is 0.253. The summed E-state index contributed by atoms with van der Waals surface area (Å²) >= 11 is 1.59. The van der Waals surface area contributed by atoms with E-state index in [1.165, 1.54) is 23.3 Å². The second-order valence-corrected chi connectivity index (χ2v) is 5.49. The normalized spacial score (nSPS) is 10.2. The molecule has 0 unspecified atom stereocenters. The van der Waals surface area contributed by atoms with Crippen molar-refractivity contribution in [3.8, 4) is 6.07 Å². The van der Waals surface area contributed by atoms with Gasteiger partial charge >= 0.3 is 0 Å². The molecule has 0 amide bonds. The van der Waals surface area contributed by atoms with Gasteiger partial charge in [0.1, 0.15) is 5.82 Å². The lowest BCUT2D eigenvalue weighted by molar-refractivity contribution is 0.617. The Morgan fingerprint density at radius 1 is 1.16 bits per heavy atom. The third-order valence-electron chi connectivity index (χ3n) is 2.89. The number of hydrogen-bond donors (Lipinski definition) is 0. The van der Waals surface area contributed by atoms with Crippen molar-refractivity contribution in [3.63, 3.8) is 0 Å². The second kappa shape index (κ2) is 5.90. The third kappa shape index (κ3) is 3.36. The van der Waals surface area contributed by atoms with Crippen LogP contribution in [0.15, 0.2) is 41.3 Å². The molecule has 0 fully saturated rings. The molecule has 3 heteroatoms. The molecule has 0 spiro atoms. The summed E-state index contributed by atoms with van der Waals surface area (Å²) in [4.78, 5) is 1.15. The van der Waals surface area contributed by atoms with E-state index in [0.717, 1.165) is 4.90 Å². The van der Waals surface area contributed by atoms with Gasteiger partial charge in [-0.1, -0.05) is 17.7 Å². The standard InChI is InChI=1S/C16H14FNS/c1-11-3-6-16(12(2)7-11)19-10-14-8-13(9-18)4-5-15(14)17/h3-8H,10H2,1-2H3. The van der Waals surface area contributed by atoms with Crippen LogP contribution in [0.25, 0.3) is 0 Å². The van der Waals surface area contributed by atoms with Crippen molar-refractivity contribution in [2.45, 2.75) is 24.5 Å².